The zero-order valence-corrected chi connectivity index (χ0v) is 14.3. The lowest BCUT2D eigenvalue weighted by Gasteiger charge is -2.73. The first-order valence-electron chi connectivity index (χ1n) is 7.59. The summed E-state index contributed by atoms with van der Waals surface area (Å²) >= 11 is 0. The minimum absolute atomic E-state index is 0.288. The molecule has 0 aromatic heterocycles. The van der Waals surface area contributed by atoms with Gasteiger partial charge in [0.15, 0.2) is 11.6 Å². The molecule has 4 heterocycles. The van der Waals surface area contributed by atoms with Crippen LogP contribution in [-0.2, 0) is 19.4 Å². The van der Waals surface area contributed by atoms with Crippen molar-refractivity contribution in [1.82, 2.24) is 0 Å². The van der Waals surface area contributed by atoms with E-state index in [1.165, 1.54) is 5.56 Å². The van der Waals surface area contributed by atoms with E-state index in [4.69, 9.17) is 14.2 Å². The first-order chi connectivity index (χ1) is 9.64. The monoisotopic (exact) mass is 306 g/mol. The van der Waals surface area contributed by atoms with Crippen LogP contribution in [-0.4, -0.2) is 22.8 Å². The summed E-state index contributed by atoms with van der Waals surface area (Å²) in [5, 5.41) is -0.288. The van der Waals surface area contributed by atoms with E-state index in [0.29, 0.717) is 0 Å². The molecule has 4 saturated heterocycles. The SMILES string of the molecule is CC12CC3(C)OC(C)(CC(C)(O1)C3(P)c1ccccc1)O2. The average molecular weight is 306 g/mol. The highest BCUT2D eigenvalue weighted by Crippen LogP contribution is 2.69. The van der Waals surface area contributed by atoms with Gasteiger partial charge in [-0.1, -0.05) is 30.3 Å². The maximum Gasteiger partial charge on any atom is 0.172 e. The Bertz CT molecular complexity index is 555. The molecule has 0 aliphatic carbocycles. The molecule has 5 unspecified atom stereocenters. The predicted molar refractivity (Wildman–Crippen MR) is 83.9 cm³/mol. The Hall–Kier alpha value is -0.470. The molecule has 5 atom stereocenters. The molecule has 0 N–H and O–H groups in total. The Morgan fingerprint density at radius 2 is 1.29 bits per heavy atom. The van der Waals surface area contributed by atoms with Gasteiger partial charge >= 0.3 is 0 Å². The molecule has 4 bridgehead atoms. The highest BCUT2D eigenvalue weighted by Gasteiger charge is 2.76. The summed E-state index contributed by atoms with van der Waals surface area (Å²) in [7, 11) is 3.07. The third kappa shape index (κ3) is 1.59. The van der Waals surface area contributed by atoms with Gasteiger partial charge in [-0.3, -0.25) is 0 Å². The fourth-order valence-corrected chi connectivity index (χ4v) is 5.72. The number of ether oxygens (including phenoxy) is 3. The van der Waals surface area contributed by atoms with Gasteiger partial charge in [0, 0.05) is 12.8 Å². The third-order valence-corrected chi connectivity index (χ3v) is 7.08. The largest absolute Gasteiger partial charge is 0.342 e. The summed E-state index contributed by atoms with van der Waals surface area (Å²) in [6.07, 6.45) is 1.45. The van der Waals surface area contributed by atoms with Crippen molar-refractivity contribution in [3.05, 3.63) is 35.9 Å². The van der Waals surface area contributed by atoms with Gasteiger partial charge in [-0.2, -0.15) is 0 Å². The smallest absolute Gasteiger partial charge is 0.172 e. The second-order valence-electron chi connectivity index (χ2n) is 7.56. The summed E-state index contributed by atoms with van der Waals surface area (Å²) in [5.74, 6) is -1.13. The Morgan fingerprint density at radius 1 is 0.810 bits per heavy atom. The second kappa shape index (κ2) is 3.71. The van der Waals surface area contributed by atoms with E-state index in [1.807, 2.05) is 19.9 Å². The van der Waals surface area contributed by atoms with Crippen LogP contribution in [0.3, 0.4) is 0 Å². The molecule has 4 heteroatoms. The summed E-state index contributed by atoms with van der Waals surface area (Å²) in [4.78, 5) is 0. The van der Waals surface area contributed by atoms with E-state index in [0.717, 1.165) is 12.8 Å². The number of benzene rings is 1. The molecule has 114 valence electrons. The zero-order valence-electron chi connectivity index (χ0n) is 13.1. The molecule has 1 aromatic rings. The fraction of sp³-hybridized carbons (Fsp3) is 0.647. The third-order valence-electron chi connectivity index (χ3n) is 5.53. The molecule has 1 aromatic carbocycles. The van der Waals surface area contributed by atoms with E-state index in [2.05, 4.69) is 47.4 Å². The first kappa shape index (κ1) is 14.1. The number of hydrogen-bond acceptors (Lipinski definition) is 3. The van der Waals surface area contributed by atoms with Crippen molar-refractivity contribution in [3.63, 3.8) is 0 Å². The van der Waals surface area contributed by atoms with Crippen LogP contribution in [0.25, 0.3) is 0 Å². The first-order valence-corrected chi connectivity index (χ1v) is 8.17. The van der Waals surface area contributed by atoms with Crippen molar-refractivity contribution in [2.24, 2.45) is 0 Å². The molecule has 0 amide bonds. The standard InChI is InChI=1S/C17H23O3P/c1-13-10-15(3)19-14(2,11-16(4,18-13)20-15)17(13,21)12-8-6-5-7-9-12/h5-9H,10-11,21H2,1-4H3. The van der Waals surface area contributed by atoms with Crippen LogP contribution in [0.4, 0.5) is 0 Å². The summed E-state index contributed by atoms with van der Waals surface area (Å²) in [6.45, 7) is 8.48. The molecule has 4 aliphatic rings. The molecule has 5 rings (SSSR count). The maximum absolute atomic E-state index is 6.48. The van der Waals surface area contributed by atoms with E-state index in [1.54, 1.807) is 0 Å². The second-order valence-corrected chi connectivity index (χ2v) is 8.43. The van der Waals surface area contributed by atoms with Crippen molar-refractivity contribution in [1.29, 1.82) is 0 Å². The van der Waals surface area contributed by atoms with Crippen molar-refractivity contribution in [2.75, 3.05) is 0 Å². The lowest BCUT2D eigenvalue weighted by atomic mass is 9.61. The summed E-state index contributed by atoms with van der Waals surface area (Å²) in [5.41, 5.74) is 0.559. The molecular weight excluding hydrogens is 283 g/mol. The van der Waals surface area contributed by atoms with E-state index in [-0.39, 0.29) is 16.4 Å². The maximum atomic E-state index is 6.48. The summed E-state index contributed by atoms with van der Waals surface area (Å²) in [6, 6.07) is 10.6. The van der Waals surface area contributed by atoms with Crippen LogP contribution in [0.1, 0.15) is 46.1 Å². The van der Waals surface area contributed by atoms with Crippen LogP contribution in [0.15, 0.2) is 30.3 Å². The lowest BCUT2D eigenvalue weighted by Crippen LogP contribution is -2.81. The van der Waals surface area contributed by atoms with Gasteiger partial charge in [-0.25, -0.2) is 0 Å². The number of rotatable bonds is 1. The van der Waals surface area contributed by atoms with Crippen LogP contribution in [0, 0.1) is 0 Å². The van der Waals surface area contributed by atoms with Gasteiger partial charge in [0.2, 0.25) is 0 Å². The minimum atomic E-state index is -0.566. The highest BCUT2D eigenvalue weighted by atomic mass is 31.0. The van der Waals surface area contributed by atoms with Gasteiger partial charge < -0.3 is 14.2 Å². The van der Waals surface area contributed by atoms with Gasteiger partial charge in [0.25, 0.3) is 0 Å². The Labute approximate surface area is 128 Å². The van der Waals surface area contributed by atoms with Crippen molar-refractivity contribution in [3.8, 4) is 0 Å². The molecule has 4 aliphatic heterocycles. The number of hydrogen-bond donors (Lipinski definition) is 0. The van der Waals surface area contributed by atoms with Gasteiger partial charge in [-0.05, 0) is 33.3 Å². The fourth-order valence-electron chi connectivity index (χ4n) is 5.20. The van der Waals surface area contributed by atoms with E-state index in [9.17, 15) is 0 Å². The van der Waals surface area contributed by atoms with E-state index >= 15 is 0 Å². The van der Waals surface area contributed by atoms with Crippen LogP contribution < -0.4 is 0 Å². The molecule has 3 nitrogen and oxygen atoms in total. The minimum Gasteiger partial charge on any atom is -0.342 e. The Kier molecular flexibility index (Phi) is 2.50. The van der Waals surface area contributed by atoms with Gasteiger partial charge in [0.05, 0.1) is 16.4 Å². The molecule has 0 spiro atoms. The molecule has 0 radical (unpaired) electrons. The Balaban J connectivity index is 1.94. The highest BCUT2D eigenvalue weighted by molar-refractivity contribution is 7.19. The van der Waals surface area contributed by atoms with Gasteiger partial charge in [0.1, 0.15) is 0 Å². The van der Waals surface area contributed by atoms with Crippen molar-refractivity contribution >= 4 is 9.24 Å². The van der Waals surface area contributed by atoms with Crippen molar-refractivity contribution < 1.29 is 14.2 Å². The molecule has 0 saturated carbocycles. The van der Waals surface area contributed by atoms with Gasteiger partial charge in [-0.15, -0.1) is 9.24 Å². The van der Waals surface area contributed by atoms with E-state index < -0.39 is 11.6 Å². The normalized spacial score (nSPS) is 54.9. The zero-order chi connectivity index (χ0) is 15.1. The predicted octanol–water partition coefficient (Wildman–Crippen LogP) is 3.58. The molecular formula is C17H23O3P. The lowest BCUT2D eigenvalue weighted by molar-refractivity contribution is -0.523. The van der Waals surface area contributed by atoms with Crippen molar-refractivity contribution in [2.45, 2.75) is 68.5 Å². The molecule has 21 heavy (non-hydrogen) atoms. The quantitative estimate of drug-likeness (QED) is 0.742. The topological polar surface area (TPSA) is 27.7 Å². The Morgan fingerprint density at radius 3 is 1.76 bits per heavy atom. The van der Waals surface area contributed by atoms with Crippen LogP contribution >= 0.6 is 9.24 Å². The van der Waals surface area contributed by atoms with Crippen LogP contribution in [0.2, 0.25) is 0 Å². The molecule has 4 fully saturated rings. The van der Waals surface area contributed by atoms with Crippen LogP contribution in [0.5, 0.6) is 0 Å². The average Bonchev–Trinajstić information content (AvgIpc) is 2.32. The summed E-state index contributed by atoms with van der Waals surface area (Å²) < 4.78 is 19.1.